The second-order valence-corrected chi connectivity index (χ2v) is 8.92. The molecule has 2 fully saturated rings. The topological polar surface area (TPSA) is 41.6 Å². The van der Waals surface area contributed by atoms with Gasteiger partial charge in [0.2, 0.25) is 0 Å². The van der Waals surface area contributed by atoms with Crippen LogP contribution < -0.4 is 5.32 Å². The van der Waals surface area contributed by atoms with Crippen LogP contribution >= 0.6 is 0 Å². The van der Waals surface area contributed by atoms with Crippen molar-refractivity contribution in [2.75, 3.05) is 13.1 Å². The Hall–Kier alpha value is -1.95. The van der Waals surface area contributed by atoms with Gasteiger partial charge in [-0.2, -0.15) is 0 Å². The Morgan fingerprint density at radius 1 is 1.29 bits per heavy atom. The first-order valence-corrected chi connectivity index (χ1v) is 9.90. The molecule has 28 heavy (non-hydrogen) atoms. The standard InChI is InChI=1S/C22H30F2N2O2/c1-15(12-16-8-6-5-7-9-16)17-13-18(17)25-19-10-11-26(14-22(19,23)24)20(27)28-21(2,3)4/h5-9,12,17-19,25H,10-11,13-14H2,1-4H3/t17?,18-,19?/m0/s1. The number of nitrogens with one attached hydrogen (secondary N) is 1. The fourth-order valence-electron chi connectivity index (χ4n) is 3.69. The maximum atomic E-state index is 14.6. The van der Waals surface area contributed by atoms with Crippen molar-refractivity contribution in [3.05, 3.63) is 41.5 Å². The SMILES string of the molecule is CC(=Cc1ccccc1)C1C[C@@H]1NC1CCN(C(=O)OC(C)(C)C)CC1(F)F. The lowest BCUT2D eigenvalue weighted by molar-refractivity contribution is -0.0919. The summed E-state index contributed by atoms with van der Waals surface area (Å²) in [5, 5.41) is 3.14. The molecular formula is C22H30F2N2O2. The van der Waals surface area contributed by atoms with E-state index in [1.165, 1.54) is 5.57 Å². The zero-order valence-corrected chi connectivity index (χ0v) is 17.0. The summed E-state index contributed by atoms with van der Waals surface area (Å²) in [5.74, 6) is -2.68. The molecule has 1 aromatic rings. The van der Waals surface area contributed by atoms with Crippen LogP contribution in [0, 0.1) is 5.92 Å². The summed E-state index contributed by atoms with van der Waals surface area (Å²) in [4.78, 5) is 13.2. The van der Waals surface area contributed by atoms with Gasteiger partial charge in [0.25, 0.3) is 5.92 Å². The summed E-state index contributed by atoms with van der Waals surface area (Å²) < 4.78 is 34.5. The highest BCUT2D eigenvalue weighted by Gasteiger charge is 2.50. The van der Waals surface area contributed by atoms with E-state index in [-0.39, 0.29) is 19.0 Å². The molecule has 3 atom stereocenters. The fourth-order valence-corrected chi connectivity index (χ4v) is 3.69. The summed E-state index contributed by atoms with van der Waals surface area (Å²) in [5.41, 5.74) is 1.64. The van der Waals surface area contributed by atoms with Crippen molar-refractivity contribution >= 4 is 12.2 Å². The van der Waals surface area contributed by atoms with Crippen LogP contribution in [0.2, 0.25) is 0 Å². The average Bonchev–Trinajstić information content (AvgIpc) is 3.35. The van der Waals surface area contributed by atoms with Crippen LogP contribution in [-0.2, 0) is 4.74 Å². The van der Waals surface area contributed by atoms with Crippen molar-refractivity contribution in [1.29, 1.82) is 0 Å². The van der Waals surface area contributed by atoms with Crippen LogP contribution in [0.1, 0.15) is 46.1 Å². The lowest BCUT2D eigenvalue weighted by Gasteiger charge is -2.39. The Balaban J connectivity index is 1.54. The van der Waals surface area contributed by atoms with E-state index in [4.69, 9.17) is 4.74 Å². The van der Waals surface area contributed by atoms with Crippen LogP contribution in [0.4, 0.5) is 13.6 Å². The molecule has 1 saturated carbocycles. The molecule has 1 aliphatic carbocycles. The third-order valence-electron chi connectivity index (χ3n) is 5.24. The summed E-state index contributed by atoms with van der Waals surface area (Å²) in [7, 11) is 0. The van der Waals surface area contributed by atoms with Crippen molar-refractivity contribution in [1.82, 2.24) is 10.2 Å². The molecule has 0 bridgehead atoms. The minimum Gasteiger partial charge on any atom is -0.444 e. The molecule has 0 spiro atoms. The van der Waals surface area contributed by atoms with Gasteiger partial charge < -0.3 is 15.0 Å². The lowest BCUT2D eigenvalue weighted by Crippen LogP contribution is -2.59. The maximum Gasteiger partial charge on any atom is 0.410 e. The highest BCUT2D eigenvalue weighted by atomic mass is 19.3. The van der Waals surface area contributed by atoms with E-state index in [0.717, 1.165) is 16.9 Å². The van der Waals surface area contributed by atoms with Gasteiger partial charge in [-0.3, -0.25) is 0 Å². The van der Waals surface area contributed by atoms with Crippen molar-refractivity contribution in [2.45, 2.75) is 64.1 Å². The number of alkyl halides is 2. The number of ether oxygens (including phenoxy) is 1. The van der Waals surface area contributed by atoms with E-state index in [1.807, 2.05) is 30.3 Å². The first-order chi connectivity index (χ1) is 13.0. The highest BCUT2D eigenvalue weighted by Crippen LogP contribution is 2.40. The number of likely N-dealkylation sites (tertiary alicyclic amines) is 1. The normalized spacial score (nSPS) is 27.4. The van der Waals surface area contributed by atoms with Crippen LogP contribution in [-0.4, -0.2) is 47.7 Å². The molecular weight excluding hydrogens is 362 g/mol. The van der Waals surface area contributed by atoms with Gasteiger partial charge in [0.15, 0.2) is 0 Å². The van der Waals surface area contributed by atoms with Crippen molar-refractivity contribution in [3.8, 4) is 0 Å². The summed E-state index contributed by atoms with van der Waals surface area (Å²) in [6, 6.07) is 9.18. The summed E-state index contributed by atoms with van der Waals surface area (Å²) in [6.45, 7) is 6.93. The Morgan fingerprint density at radius 2 is 1.96 bits per heavy atom. The van der Waals surface area contributed by atoms with E-state index in [0.29, 0.717) is 5.92 Å². The lowest BCUT2D eigenvalue weighted by atomic mass is 10.0. The largest absolute Gasteiger partial charge is 0.444 e. The molecule has 1 amide bonds. The van der Waals surface area contributed by atoms with E-state index in [9.17, 15) is 13.6 Å². The fraction of sp³-hybridized carbons (Fsp3) is 0.591. The van der Waals surface area contributed by atoms with Crippen LogP contribution in [0.15, 0.2) is 35.9 Å². The number of carbonyl (C=O) groups is 1. The smallest absolute Gasteiger partial charge is 0.410 e. The molecule has 2 aliphatic rings. The maximum absolute atomic E-state index is 14.6. The van der Waals surface area contributed by atoms with Crippen LogP contribution in [0.25, 0.3) is 6.08 Å². The van der Waals surface area contributed by atoms with Gasteiger partial charge >= 0.3 is 6.09 Å². The Kier molecular flexibility index (Phi) is 5.80. The van der Waals surface area contributed by atoms with Crippen LogP contribution in [0.3, 0.4) is 0 Å². The number of amides is 1. The number of carbonyl (C=O) groups excluding carboxylic acids is 1. The number of hydrogen-bond acceptors (Lipinski definition) is 3. The Labute approximate surface area is 165 Å². The third kappa shape index (κ3) is 5.31. The Morgan fingerprint density at radius 3 is 2.57 bits per heavy atom. The molecule has 1 saturated heterocycles. The van der Waals surface area contributed by atoms with E-state index in [1.54, 1.807) is 20.8 Å². The summed E-state index contributed by atoms with van der Waals surface area (Å²) in [6.07, 6.45) is 2.54. The quantitative estimate of drug-likeness (QED) is 0.807. The summed E-state index contributed by atoms with van der Waals surface area (Å²) >= 11 is 0. The predicted molar refractivity (Wildman–Crippen MR) is 106 cm³/mol. The molecule has 1 aromatic carbocycles. The molecule has 0 aromatic heterocycles. The van der Waals surface area contributed by atoms with Gasteiger partial charge in [0, 0.05) is 12.6 Å². The first kappa shape index (κ1) is 20.8. The van der Waals surface area contributed by atoms with Gasteiger partial charge in [-0.15, -0.1) is 0 Å². The minimum absolute atomic E-state index is 0.0731. The number of nitrogens with zero attached hydrogens (tertiary/aromatic N) is 1. The molecule has 1 aliphatic heterocycles. The first-order valence-electron chi connectivity index (χ1n) is 9.90. The third-order valence-corrected chi connectivity index (χ3v) is 5.24. The Bertz CT molecular complexity index is 728. The number of piperidine rings is 1. The number of hydrogen-bond donors (Lipinski definition) is 1. The number of halogens is 2. The molecule has 6 heteroatoms. The molecule has 1 heterocycles. The molecule has 4 nitrogen and oxygen atoms in total. The monoisotopic (exact) mass is 392 g/mol. The number of rotatable bonds is 4. The second-order valence-electron chi connectivity index (χ2n) is 8.92. The average molecular weight is 392 g/mol. The molecule has 2 unspecified atom stereocenters. The second kappa shape index (κ2) is 7.82. The predicted octanol–water partition coefficient (Wildman–Crippen LogP) is 4.71. The van der Waals surface area contributed by atoms with Crippen molar-refractivity contribution in [3.63, 3.8) is 0 Å². The molecule has 1 N–H and O–H groups in total. The molecule has 0 radical (unpaired) electrons. The van der Waals surface area contributed by atoms with Gasteiger partial charge in [-0.1, -0.05) is 42.0 Å². The van der Waals surface area contributed by atoms with E-state index >= 15 is 0 Å². The zero-order chi connectivity index (χ0) is 20.5. The van der Waals surface area contributed by atoms with Crippen molar-refractivity contribution in [2.24, 2.45) is 5.92 Å². The van der Waals surface area contributed by atoms with Gasteiger partial charge in [-0.05, 0) is 52.0 Å². The van der Waals surface area contributed by atoms with E-state index < -0.39 is 30.2 Å². The number of benzene rings is 1. The van der Waals surface area contributed by atoms with Gasteiger partial charge in [0.1, 0.15) is 5.60 Å². The van der Waals surface area contributed by atoms with Gasteiger partial charge in [-0.25, -0.2) is 13.6 Å². The molecule has 154 valence electrons. The van der Waals surface area contributed by atoms with Crippen LogP contribution in [0.5, 0.6) is 0 Å². The molecule has 3 rings (SSSR count). The van der Waals surface area contributed by atoms with Crippen molar-refractivity contribution < 1.29 is 18.3 Å². The minimum atomic E-state index is -2.97. The zero-order valence-electron chi connectivity index (χ0n) is 17.0. The highest BCUT2D eigenvalue weighted by molar-refractivity contribution is 5.68. The van der Waals surface area contributed by atoms with Gasteiger partial charge in [0.05, 0.1) is 12.6 Å². The van der Waals surface area contributed by atoms with E-state index in [2.05, 4.69) is 18.3 Å².